The summed E-state index contributed by atoms with van der Waals surface area (Å²) in [5.74, 6) is 0. The van der Waals surface area contributed by atoms with E-state index in [0.717, 1.165) is 31.0 Å². The molecule has 0 saturated carbocycles. The zero-order valence-corrected chi connectivity index (χ0v) is 26.4. The quantitative estimate of drug-likeness (QED) is 0.169. The van der Waals surface area contributed by atoms with Crippen LogP contribution in [-0.2, 0) is 13.1 Å². The molecule has 0 amide bonds. The van der Waals surface area contributed by atoms with Crippen molar-refractivity contribution in [1.82, 2.24) is 9.13 Å². The number of benzene rings is 5. The Kier molecular flexibility index (Phi) is 6.27. The number of halogens is 4. The Hall–Kier alpha value is -2.38. The average Bonchev–Trinajstić information content (AvgIpc) is 3.36. The predicted molar refractivity (Wildman–Crippen MR) is 174 cm³/mol. The zero-order chi connectivity index (χ0) is 26.0. The standard InChI is InChI=1S/C32H20Br4N2/c33-21-5-9-29-25(13-21)26-14-22(34)6-10-30(26)37(29)17-19-3-1-2-4-20(19)18-38-31-11-7-23(35)15-27(31)28-16-24(36)8-12-32(28)38/h1-16H,17-18H2. The highest BCUT2D eigenvalue weighted by molar-refractivity contribution is 9.11. The molecule has 2 aromatic heterocycles. The number of nitrogens with zero attached hydrogens (tertiary/aromatic N) is 2. The normalized spacial score (nSPS) is 11.9. The van der Waals surface area contributed by atoms with Crippen LogP contribution in [-0.4, -0.2) is 9.13 Å². The van der Waals surface area contributed by atoms with Crippen LogP contribution < -0.4 is 0 Å². The molecule has 7 rings (SSSR count). The SMILES string of the molecule is Brc1ccc2c(c1)c1cc(Br)ccc1n2Cc1ccccc1Cn1c2ccc(Br)cc2c2cc(Br)ccc21. The number of aromatic nitrogens is 2. The van der Waals surface area contributed by atoms with Crippen molar-refractivity contribution in [2.75, 3.05) is 0 Å². The van der Waals surface area contributed by atoms with Crippen molar-refractivity contribution in [2.24, 2.45) is 0 Å². The predicted octanol–water partition coefficient (Wildman–Crippen LogP) is 11.0. The van der Waals surface area contributed by atoms with Gasteiger partial charge < -0.3 is 9.13 Å². The van der Waals surface area contributed by atoms with E-state index < -0.39 is 0 Å². The zero-order valence-electron chi connectivity index (χ0n) is 20.1. The number of hydrogen-bond acceptors (Lipinski definition) is 0. The molecule has 7 aromatic rings. The molecule has 0 spiro atoms. The lowest BCUT2D eigenvalue weighted by atomic mass is 10.1. The van der Waals surface area contributed by atoms with Crippen molar-refractivity contribution in [3.05, 3.63) is 126 Å². The van der Waals surface area contributed by atoms with E-state index in [2.05, 4.69) is 170 Å². The van der Waals surface area contributed by atoms with Gasteiger partial charge in [0.05, 0.1) is 0 Å². The molecule has 0 N–H and O–H groups in total. The van der Waals surface area contributed by atoms with Crippen LogP contribution in [0, 0.1) is 0 Å². The topological polar surface area (TPSA) is 9.86 Å². The Bertz CT molecular complexity index is 1770. The smallest absolute Gasteiger partial charge is 0.0495 e. The minimum absolute atomic E-state index is 0.799. The van der Waals surface area contributed by atoms with E-state index in [1.54, 1.807) is 0 Å². The van der Waals surface area contributed by atoms with E-state index in [9.17, 15) is 0 Å². The lowest BCUT2D eigenvalue weighted by Crippen LogP contribution is -2.07. The van der Waals surface area contributed by atoms with Crippen LogP contribution in [0.5, 0.6) is 0 Å². The minimum atomic E-state index is 0.799. The summed E-state index contributed by atoms with van der Waals surface area (Å²) in [7, 11) is 0. The second-order valence-corrected chi connectivity index (χ2v) is 13.2. The van der Waals surface area contributed by atoms with E-state index in [4.69, 9.17) is 0 Å². The van der Waals surface area contributed by atoms with Gasteiger partial charge in [-0.15, -0.1) is 0 Å². The van der Waals surface area contributed by atoms with Crippen molar-refractivity contribution in [1.29, 1.82) is 0 Å². The molecule has 2 nitrogen and oxygen atoms in total. The van der Waals surface area contributed by atoms with E-state index in [1.807, 2.05) is 0 Å². The molecular weight excluding hydrogens is 732 g/mol. The summed E-state index contributed by atoms with van der Waals surface area (Å²) in [5, 5.41) is 5.02. The van der Waals surface area contributed by atoms with Gasteiger partial charge in [-0.2, -0.15) is 0 Å². The molecule has 0 unspecified atom stereocenters. The van der Waals surface area contributed by atoms with E-state index in [0.29, 0.717) is 0 Å². The fourth-order valence-corrected chi connectivity index (χ4v) is 7.09. The molecule has 186 valence electrons. The molecule has 0 aliphatic heterocycles. The Morgan fingerprint density at radius 1 is 0.395 bits per heavy atom. The van der Waals surface area contributed by atoms with Crippen LogP contribution in [0.25, 0.3) is 43.6 Å². The molecular formula is C32H20Br4N2. The first-order valence-corrected chi connectivity index (χ1v) is 15.4. The summed E-state index contributed by atoms with van der Waals surface area (Å²) in [4.78, 5) is 0. The van der Waals surface area contributed by atoms with Gasteiger partial charge in [0.1, 0.15) is 0 Å². The molecule has 0 bridgehead atoms. The molecule has 0 radical (unpaired) electrons. The number of fused-ring (bicyclic) bond motifs is 6. The lowest BCUT2D eigenvalue weighted by molar-refractivity contribution is 0.810. The molecule has 0 fully saturated rings. The first-order chi connectivity index (χ1) is 18.5. The maximum Gasteiger partial charge on any atom is 0.0495 e. The molecule has 0 saturated heterocycles. The van der Waals surface area contributed by atoms with Gasteiger partial charge in [0, 0.05) is 74.6 Å². The highest BCUT2D eigenvalue weighted by atomic mass is 79.9. The Morgan fingerprint density at radius 2 is 0.684 bits per heavy atom. The van der Waals surface area contributed by atoms with Gasteiger partial charge in [0.2, 0.25) is 0 Å². The second kappa shape index (κ2) is 9.67. The van der Waals surface area contributed by atoms with Crippen molar-refractivity contribution >= 4 is 107 Å². The van der Waals surface area contributed by atoms with Gasteiger partial charge in [0.15, 0.2) is 0 Å². The molecule has 0 aliphatic carbocycles. The third-order valence-electron chi connectivity index (χ3n) is 7.35. The number of hydrogen-bond donors (Lipinski definition) is 0. The van der Waals surface area contributed by atoms with Crippen molar-refractivity contribution in [3.8, 4) is 0 Å². The highest BCUT2D eigenvalue weighted by Gasteiger charge is 2.16. The van der Waals surface area contributed by atoms with Crippen LogP contribution >= 0.6 is 63.7 Å². The second-order valence-electron chi connectivity index (χ2n) is 9.59. The summed E-state index contributed by atoms with van der Waals surface area (Å²) in [5.41, 5.74) is 7.60. The van der Waals surface area contributed by atoms with Gasteiger partial charge in [-0.3, -0.25) is 0 Å². The van der Waals surface area contributed by atoms with Crippen LogP contribution in [0.4, 0.5) is 0 Å². The van der Waals surface area contributed by atoms with Crippen molar-refractivity contribution in [2.45, 2.75) is 13.1 Å². The van der Waals surface area contributed by atoms with Crippen molar-refractivity contribution in [3.63, 3.8) is 0 Å². The maximum atomic E-state index is 3.68. The van der Waals surface area contributed by atoms with Crippen LogP contribution in [0.15, 0.2) is 115 Å². The first kappa shape index (κ1) is 24.6. The third kappa shape index (κ3) is 4.17. The molecule has 0 atom stereocenters. The minimum Gasteiger partial charge on any atom is -0.336 e. The fraction of sp³-hybridized carbons (Fsp3) is 0.0625. The lowest BCUT2D eigenvalue weighted by Gasteiger charge is -2.15. The van der Waals surface area contributed by atoms with Gasteiger partial charge in [-0.25, -0.2) is 0 Å². The molecule has 5 aromatic carbocycles. The summed E-state index contributed by atoms with van der Waals surface area (Å²) >= 11 is 14.7. The van der Waals surface area contributed by atoms with Gasteiger partial charge in [-0.05, 0) is 83.9 Å². The summed E-state index contributed by atoms with van der Waals surface area (Å²) in [6, 6.07) is 35.1. The summed E-state index contributed by atoms with van der Waals surface area (Å²) in [6.07, 6.45) is 0. The molecule has 2 heterocycles. The number of rotatable bonds is 4. The summed E-state index contributed by atoms with van der Waals surface area (Å²) < 4.78 is 9.26. The Labute approximate surface area is 253 Å². The van der Waals surface area contributed by atoms with E-state index in [1.165, 1.54) is 54.7 Å². The summed E-state index contributed by atoms with van der Waals surface area (Å²) in [6.45, 7) is 1.60. The molecule has 6 heteroatoms. The Balaban J connectivity index is 1.39. The molecule has 38 heavy (non-hydrogen) atoms. The van der Waals surface area contributed by atoms with Crippen LogP contribution in [0.3, 0.4) is 0 Å². The van der Waals surface area contributed by atoms with Crippen LogP contribution in [0.2, 0.25) is 0 Å². The van der Waals surface area contributed by atoms with Crippen LogP contribution in [0.1, 0.15) is 11.1 Å². The first-order valence-electron chi connectivity index (χ1n) is 12.3. The Morgan fingerprint density at radius 3 is 0.974 bits per heavy atom. The monoisotopic (exact) mass is 748 g/mol. The maximum absolute atomic E-state index is 3.68. The fourth-order valence-electron chi connectivity index (χ4n) is 5.64. The van der Waals surface area contributed by atoms with Crippen molar-refractivity contribution < 1.29 is 0 Å². The van der Waals surface area contributed by atoms with E-state index >= 15 is 0 Å². The van der Waals surface area contributed by atoms with Gasteiger partial charge in [0.25, 0.3) is 0 Å². The average molecular weight is 752 g/mol. The largest absolute Gasteiger partial charge is 0.336 e. The molecule has 0 aliphatic rings. The van der Waals surface area contributed by atoms with E-state index in [-0.39, 0.29) is 0 Å². The highest BCUT2D eigenvalue weighted by Crippen LogP contribution is 2.36. The van der Waals surface area contributed by atoms with Gasteiger partial charge in [-0.1, -0.05) is 88.0 Å². The third-order valence-corrected chi connectivity index (χ3v) is 9.33. The van der Waals surface area contributed by atoms with Gasteiger partial charge >= 0.3 is 0 Å².